The average Bonchev–Trinajstić information content (AvgIpc) is 3.63. The molecule has 2 aromatic carbocycles. The number of imidazole rings is 1. The molecule has 0 bridgehead atoms. The first-order valence-electron chi connectivity index (χ1n) is 12.5. The second kappa shape index (κ2) is 13.4. The lowest BCUT2D eigenvalue weighted by molar-refractivity contribution is -0.137. The number of aryl methyl sites for hydroxylation is 2. The molecule has 0 aliphatic carbocycles. The van der Waals surface area contributed by atoms with Crippen LogP contribution >= 0.6 is 11.3 Å². The van der Waals surface area contributed by atoms with Gasteiger partial charge in [-0.25, -0.2) is 4.98 Å². The van der Waals surface area contributed by atoms with Gasteiger partial charge >= 0.3 is 5.97 Å². The summed E-state index contributed by atoms with van der Waals surface area (Å²) in [6.45, 7) is 3.57. The monoisotopic (exact) mass is 533 g/mol. The summed E-state index contributed by atoms with van der Waals surface area (Å²) in [5.74, 6) is -0.268. The highest BCUT2D eigenvalue weighted by Gasteiger charge is 2.21. The van der Waals surface area contributed by atoms with Crippen molar-refractivity contribution in [1.82, 2.24) is 14.9 Å². The fourth-order valence-electron chi connectivity index (χ4n) is 4.03. The Labute approximate surface area is 225 Å². The summed E-state index contributed by atoms with van der Waals surface area (Å²) >= 11 is 1.60. The average molecular weight is 534 g/mol. The fourth-order valence-corrected chi connectivity index (χ4v) is 4.68. The number of carbonyl (C=O) groups excluding carboxylic acids is 1. The third-order valence-electron chi connectivity index (χ3n) is 6.05. The van der Waals surface area contributed by atoms with E-state index >= 15 is 0 Å². The quantitative estimate of drug-likeness (QED) is 0.204. The third kappa shape index (κ3) is 7.69. The molecule has 8 nitrogen and oxygen atoms in total. The van der Waals surface area contributed by atoms with Gasteiger partial charge in [0, 0.05) is 38.0 Å². The molecule has 9 heteroatoms. The van der Waals surface area contributed by atoms with E-state index < -0.39 is 12.1 Å². The van der Waals surface area contributed by atoms with Gasteiger partial charge < -0.3 is 24.5 Å². The first-order valence-corrected chi connectivity index (χ1v) is 13.4. The Bertz CT molecular complexity index is 1320. The van der Waals surface area contributed by atoms with Gasteiger partial charge in [-0.2, -0.15) is 11.3 Å². The van der Waals surface area contributed by atoms with E-state index in [1.54, 1.807) is 42.1 Å². The van der Waals surface area contributed by atoms with Crippen LogP contribution in [0.2, 0.25) is 0 Å². The number of nitrogens with zero attached hydrogens (tertiary/aromatic N) is 2. The number of nitrogens with one attached hydrogen (secondary N) is 1. The second-order valence-corrected chi connectivity index (χ2v) is 9.66. The summed E-state index contributed by atoms with van der Waals surface area (Å²) < 4.78 is 14.3. The van der Waals surface area contributed by atoms with Crippen molar-refractivity contribution in [2.45, 2.75) is 45.4 Å². The third-order valence-corrected chi connectivity index (χ3v) is 6.78. The van der Waals surface area contributed by atoms with Crippen molar-refractivity contribution in [2.24, 2.45) is 0 Å². The SMILES string of the molecule is Cc1ccccc1C(CCC(=O)O)Oc1cc(OCc2ccsc2)ccc1C(=O)NCCCn1ccnc1. The largest absolute Gasteiger partial charge is 0.489 e. The summed E-state index contributed by atoms with van der Waals surface area (Å²) in [5.41, 5.74) is 3.28. The van der Waals surface area contributed by atoms with E-state index in [1.807, 2.05) is 58.8 Å². The first-order chi connectivity index (χ1) is 18.5. The molecule has 2 N–H and O–H groups in total. The maximum atomic E-state index is 13.2. The molecule has 38 heavy (non-hydrogen) atoms. The Balaban J connectivity index is 1.54. The zero-order valence-corrected chi connectivity index (χ0v) is 22.0. The van der Waals surface area contributed by atoms with Crippen LogP contribution < -0.4 is 14.8 Å². The van der Waals surface area contributed by atoms with Gasteiger partial charge in [-0.1, -0.05) is 24.3 Å². The molecular weight excluding hydrogens is 502 g/mol. The second-order valence-electron chi connectivity index (χ2n) is 8.88. The number of carboxylic acids is 1. The Kier molecular flexibility index (Phi) is 9.53. The fraction of sp³-hybridized carbons (Fsp3) is 0.276. The lowest BCUT2D eigenvalue weighted by Crippen LogP contribution is -2.26. The zero-order chi connectivity index (χ0) is 26.7. The summed E-state index contributed by atoms with van der Waals surface area (Å²) in [4.78, 5) is 28.6. The molecule has 2 heterocycles. The van der Waals surface area contributed by atoms with E-state index in [4.69, 9.17) is 9.47 Å². The Morgan fingerprint density at radius 2 is 2.05 bits per heavy atom. The van der Waals surface area contributed by atoms with Gasteiger partial charge in [0.1, 0.15) is 24.2 Å². The van der Waals surface area contributed by atoms with Gasteiger partial charge in [-0.15, -0.1) is 0 Å². The van der Waals surface area contributed by atoms with Gasteiger partial charge in [0.25, 0.3) is 5.91 Å². The van der Waals surface area contributed by atoms with Crippen LogP contribution in [0.3, 0.4) is 0 Å². The number of ether oxygens (including phenoxy) is 2. The molecule has 1 atom stereocenters. The molecule has 0 fully saturated rings. The summed E-state index contributed by atoms with van der Waals surface area (Å²) in [5, 5.41) is 16.3. The predicted octanol–water partition coefficient (Wildman–Crippen LogP) is 5.64. The van der Waals surface area contributed by atoms with Crippen LogP contribution in [0.25, 0.3) is 0 Å². The van der Waals surface area contributed by atoms with E-state index in [9.17, 15) is 14.7 Å². The van der Waals surface area contributed by atoms with Gasteiger partial charge in [0.2, 0.25) is 0 Å². The molecule has 0 saturated heterocycles. The van der Waals surface area contributed by atoms with Gasteiger partial charge in [0.05, 0.1) is 11.9 Å². The molecule has 0 saturated carbocycles. The van der Waals surface area contributed by atoms with Crippen LogP contribution in [0.1, 0.15) is 52.4 Å². The molecule has 2 aromatic heterocycles. The maximum absolute atomic E-state index is 13.2. The number of hydrogen-bond acceptors (Lipinski definition) is 6. The van der Waals surface area contributed by atoms with Crippen molar-refractivity contribution in [3.63, 3.8) is 0 Å². The van der Waals surface area contributed by atoms with Crippen LogP contribution in [0.5, 0.6) is 11.5 Å². The number of carboxylic acid groups (broad SMARTS) is 1. The van der Waals surface area contributed by atoms with Gasteiger partial charge in [-0.3, -0.25) is 9.59 Å². The van der Waals surface area contributed by atoms with Gasteiger partial charge in [-0.05, 0) is 65.4 Å². The lowest BCUT2D eigenvalue weighted by atomic mass is 9.99. The number of carbonyl (C=O) groups is 2. The molecule has 0 spiro atoms. The molecule has 0 radical (unpaired) electrons. The molecule has 0 aliphatic heterocycles. The van der Waals surface area contributed by atoms with E-state index in [1.165, 1.54) is 0 Å². The minimum absolute atomic E-state index is 0.0663. The standard InChI is InChI=1S/C29H31N3O5S/c1-21-5-2-3-6-24(21)26(9-10-28(33)34)37-27-17-23(36-18-22-11-16-38-19-22)7-8-25(27)29(35)31-12-4-14-32-15-13-30-20-32/h2-3,5-8,11,13,15-17,19-20,26H,4,9-10,12,14,18H2,1H3,(H,31,35)(H,33,34). The molecule has 1 amide bonds. The van der Waals surface area contributed by atoms with Crippen LogP contribution in [0.15, 0.2) is 78.0 Å². The van der Waals surface area contributed by atoms with Crippen LogP contribution in [0, 0.1) is 6.92 Å². The number of benzene rings is 2. The van der Waals surface area contributed by atoms with E-state index in [-0.39, 0.29) is 18.7 Å². The molecule has 1 unspecified atom stereocenters. The topological polar surface area (TPSA) is 103 Å². The van der Waals surface area contributed by atoms with Crippen molar-refractivity contribution in [3.8, 4) is 11.5 Å². The van der Waals surface area contributed by atoms with Crippen LogP contribution in [0.4, 0.5) is 0 Å². The molecule has 198 valence electrons. The van der Waals surface area contributed by atoms with Gasteiger partial charge in [0.15, 0.2) is 0 Å². The normalized spacial score (nSPS) is 11.6. The maximum Gasteiger partial charge on any atom is 0.303 e. The summed E-state index contributed by atoms with van der Waals surface area (Å²) in [7, 11) is 0. The Morgan fingerprint density at radius 3 is 2.79 bits per heavy atom. The highest BCUT2D eigenvalue weighted by atomic mass is 32.1. The Hall–Kier alpha value is -4.11. The predicted molar refractivity (Wildman–Crippen MR) is 146 cm³/mol. The Morgan fingerprint density at radius 1 is 1.18 bits per heavy atom. The highest BCUT2D eigenvalue weighted by Crippen LogP contribution is 2.33. The summed E-state index contributed by atoms with van der Waals surface area (Å²) in [6.07, 6.45) is 5.73. The molecule has 4 aromatic rings. The molecule has 0 aliphatic rings. The number of rotatable bonds is 14. The van der Waals surface area contributed by atoms with Crippen molar-refractivity contribution in [3.05, 3.63) is 100 Å². The number of thiophene rings is 1. The van der Waals surface area contributed by atoms with E-state index in [0.717, 1.165) is 29.7 Å². The smallest absolute Gasteiger partial charge is 0.303 e. The van der Waals surface area contributed by atoms with Crippen molar-refractivity contribution in [1.29, 1.82) is 0 Å². The first kappa shape index (κ1) is 26.9. The summed E-state index contributed by atoms with van der Waals surface area (Å²) in [6, 6.07) is 14.8. The van der Waals surface area contributed by atoms with Crippen molar-refractivity contribution >= 4 is 23.2 Å². The minimum Gasteiger partial charge on any atom is -0.489 e. The van der Waals surface area contributed by atoms with Crippen molar-refractivity contribution < 1.29 is 24.2 Å². The molecule has 4 rings (SSSR count). The number of aromatic nitrogens is 2. The van der Waals surface area contributed by atoms with E-state index in [0.29, 0.717) is 30.2 Å². The zero-order valence-electron chi connectivity index (χ0n) is 21.2. The number of hydrogen-bond donors (Lipinski definition) is 2. The highest BCUT2D eigenvalue weighted by molar-refractivity contribution is 7.07. The minimum atomic E-state index is -0.907. The van der Waals surface area contributed by atoms with Crippen molar-refractivity contribution in [2.75, 3.05) is 6.54 Å². The lowest BCUT2D eigenvalue weighted by Gasteiger charge is -2.23. The van der Waals surface area contributed by atoms with E-state index in [2.05, 4.69) is 10.3 Å². The number of aliphatic carboxylic acids is 1. The van der Waals surface area contributed by atoms with Crippen LogP contribution in [-0.2, 0) is 17.9 Å². The number of amides is 1. The molecular formula is C29H31N3O5S. The van der Waals surface area contributed by atoms with Crippen LogP contribution in [-0.4, -0.2) is 33.1 Å².